The van der Waals surface area contributed by atoms with E-state index in [0.29, 0.717) is 38.3 Å². The summed E-state index contributed by atoms with van der Waals surface area (Å²) < 4.78 is 47.5. The Morgan fingerprint density at radius 1 is 1.26 bits per heavy atom. The fourth-order valence-electron chi connectivity index (χ4n) is 3.29. The maximum atomic E-state index is 14.0. The van der Waals surface area contributed by atoms with Crippen LogP contribution in [-0.4, -0.2) is 67.6 Å². The van der Waals surface area contributed by atoms with Crippen molar-refractivity contribution in [3.05, 3.63) is 35.6 Å². The summed E-state index contributed by atoms with van der Waals surface area (Å²) in [5.74, 6) is -0.580. The van der Waals surface area contributed by atoms with Crippen molar-refractivity contribution in [1.29, 1.82) is 0 Å². The molecule has 1 aromatic carbocycles. The number of ether oxygens (including phenoxy) is 1. The van der Waals surface area contributed by atoms with Gasteiger partial charge in [0.05, 0.1) is 19.8 Å². The third-order valence-corrected chi connectivity index (χ3v) is 6.57. The van der Waals surface area contributed by atoms with E-state index in [0.717, 1.165) is 0 Å². The van der Waals surface area contributed by atoms with Crippen molar-refractivity contribution in [3.63, 3.8) is 0 Å². The molecular weight excluding hydrogens is 323 g/mol. The van der Waals surface area contributed by atoms with Gasteiger partial charge in [-0.1, -0.05) is 18.2 Å². The number of hydrogen-bond acceptors (Lipinski definition) is 4. The molecule has 2 aliphatic heterocycles. The summed E-state index contributed by atoms with van der Waals surface area (Å²) in [5.41, 5.74) is 0.505. The van der Waals surface area contributed by atoms with E-state index >= 15 is 0 Å². The van der Waals surface area contributed by atoms with Gasteiger partial charge in [0.25, 0.3) is 10.2 Å². The average molecular weight is 344 g/mol. The summed E-state index contributed by atoms with van der Waals surface area (Å²) in [6.07, 6.45) is 0.418. The van der Waals surface area contributed by atoms with E-state index in [9.17, 15) is 17.9 Å². The zero-order chi connectivity index (χ0) is 16.4. The number of morpholine rings is 1. The van der Waals surface area contributed by atoms with Crippen LogP contribution < -0.4 is 0 Å². The maximum absolute atomic E-state index is 14.0. The largest absolute Gasteiger partial charge is 0.395 e. The van der Waals surface area contributed by atoms with Gasteiger partial charge in [-0.3, -0.25) is 0 Å². The SMILES string of the molecule is O=S(=O)(N1CCOCC1)N1C[C@@H](c2ccccc2F)C[C@H]1CO. The van der Waals surface area contributed by atoms with E-state index in [2.05, 4.69) is 0 Å². The van der Waals surface area contributed by atoms with Gasteiger partial charge in [0.2, 0.25) is 0 Å². The van der Waals surface area contributed by atoms with Gasteiger partial charge >= 0.3 is 0 Å². The predicted octanol–water partition coefficient (Wildman–Crippen LogP) is 0.553. The van der Waals surface area contributed by atoms with Crippen LogP contribution in [0.3, 0.4) is 0 Å². The lowest BCUT2D eigenvalue weighted by atomic mass is 9.96. The first-order valence-electron chi connectivity index (χ1n) is 7.74. The first-order valence-corrected chi connectivity index (χ1v) is 9.13. The quantitative estimate of drug-likeness (QED) is 0.866. The first-order chi connectivity index (χ1) is 11.0. The van der Waals surface area contributed by atoms with Crippen LogP contribution in [0.25, 0.3) is 0 Å². The molecule has 0 amide bonds. The predicted molar refractivity (Wildman–Crippen MR) is 82.6 cm³/mol. The molecule has 8 heteroatoms. The molecule has 6 nitrogen and oxygen atoms in total. The summed E-state index contributed by atoms with van der Waals surface area (Å²) in [6.45, 7) is 1.27. The molecule has 0 unspecified atom stereocenters. The molecule has 1 N–H and O–H groups in total. The second kappa shape index (κ2) is 6.82. The van der Waals surface area contributed by atoms with Crippen molar-refractivity contribution in [2.24, 2.45) is 0 Å². The van der Waals surface area contributed by atoms with Gasteiger partial charge in [-0.05, 0) is 18.1 Å². The summed E-state index contributed by atoms with van der Waals surface area (Å²) in [7, 11) is -3.67. The zero-order valence-corrected chi connectivity index (χ0v) is 13.6. The minimum atomic E-state index is -3.67. The Kier molecular flexibility index (Phi) is 4.98. The van der Waals surface area contributed by atoms with Crippen LogP contribution in [0, 0.1) is 5.82 Å². The molecule has 1 aromatic rings. The van der Waals surface area contributed by atoms with Crippen LogP contribution >= 0.6 is 0 Å². The number of aliphatic hydroxyl groups excluding tert-OH is 1. The minimum absolute atomic E-state index is 0.186. The number of rotatable bonds is 4. The molecule has 0 saturated carbocycles. The third-order valence-electron chi connectivity index (χ3n) is 4.51. The molecule has 2 atom stereocenters. The molecule has 23 heavy (non-hydrogen) atoms. The third kappa shape index (κ3) is 3.27. The second-order valence-corrected chi connectivity index (χ2v) is 7.76. The highest BCUT2D eigenvalue weighted by molar-refractivity contribution is 7.86. The molecule has 0 aliphatic carbocycles. The Morgan fingerprint density at radius 3 is 2.61 bits per heavy atom. The monoisotopic (exact) mass is 344 g/mol. The van der Waals surface area contributed by atoms with Gasteiger partial charge in [-0.25, -0.2) is 4.39 Å². The molecule has 2 fully saturated rings. The van der Waals surface area contributed by atoms with Gasteiger partial charge in [-0.15, -0.1) is 0 Å². The van der Waals surface area contributed by atoms with Crippen molar-refractivity contribution < 1.29 is 22.7 Å². The summed E-state index contributed by atoms with van der Waals surface area (Å²) >= 11 is 0. The molecule has 0 spiro atoms. The lowest BCUT2D eigenvalue weighted by molar-refractivity contribution is 0.0691. The van der Waals surface area contributed by atoms with E-state index in [1.165, 1.54) is 14.7 Å². The van der Waals surface area contributed by atoms with E-state index in [-0.39, 0.29) is 24.9 Å². The number of benzene rings is 1. The Balaban J connectivity index is 1.83. The van der Waals surface area contributed by atoms with Gasteiger partial charge in [0, 0.05) is 31.6 Å². The van der Waals surface area contributed by atoms with E-state index in [1.54, 1.807) is 18.2 Å². The molecule has 2 heterocycles. The number of nitrogens with zero attached hydrogens (tertiary/aromatic N) is 2. The van der Waals surface area contributed by atoms with Crippen molar-refractivity contribution in [2.45, 2.75) is 18.4 Å². The van der Waals surface area contributed by atoms with Gasteiger partial charge in [0.15, 0.2) is 0 Å². The Labute approximate surface area is 135 Å². The molecule has 2 saturated heterocycles. The van der Waals surface area contributed by atoms with Crippen LogP contribution in [0.15, 0.2) is 24.3 Å². The fourth-order valence-corrected chi connectivity index (χ4v) is 5.10. The van der Waals surface area contributed by atoms with E-state index in [4.69, 9.17) is 4.74 Å². The van der Waals surface area contributed by atoms with Crippen LogP contribution in [0.5, 0.6) is 0 Å². The molecule has 128 valence electrons. The highest BCUT2D eigenvalue weighted by Crippen LogP contribution is 2.35. The Bertz CT molecular complexity index is 649. The van der Waals surface area contributed by atoms with Gasteiger partial charge in [0.1, 0.15) is 5.82 Å². The molecule has 0 radical (unpaired) electrons. The second-order valence-electron chi connectivity index (χ2n) is 5.88. The fraction of sp³-hybridized carbons (Fsp3) is 0.600. The minimum Gasteiger partial charge on any atom is -0.395 e. The van der Waals surface area contributed by atoms with Crippen LogP contribution in [0.2, 0.25) is 0 Å². The van der Waals surface area contributed by atoms with E-state index < -0.39 is 16.3 Å². The molecule has 0 bridgehead atoms. The number of aliphatic hydroxyl groups is 1. The average Bonchev–Trinajstić information content (AvgIpc) is 3.01. The molecule has 0 aromatic heterocycles. The first kappa shape index (κ1) is 16.8. The lowest BCUT2D eigenvalue weighted by Crippen LogP contribution is -2.50. The summed E-state index contributed by atoms with van der Waals surface area (Å²) in [5, 5.41) is 9.59. The smallest absolute Gasteiger partial charge is 0.282 e. The van der Waals surface area contributed by atoms with Gasteiger partial charge in [-0.2, -0.15) is 17.0 Å². The van der Waals surface area contributed by atoms with Crippen LogP contribution in [0.4, 0.5) is 4.39 Å². The van der Waals surface area contributed by atoms with Crippen molar-refractivity contribution in [3.8, 4) is 0 Å². The molecular formula is C15H21FN2O4S. The highest BCUT2D eigenvalue weighted by atomic mass is 32.2. The van der Waals surface area contributed by atoms with Crippen molar-refractivity contribution >= 4 is 10.2 Å². The van der Waals surface area contributed by atoms with Crippen LogP contribution in [-0.2, 0) is 14.9 Å². The van der Waals surface area contributed by atoms with Crippen LogP contribution in [0.1, 0.15) is 17.9 Å². The van der Waals surface area contributed by atoms with Gasteiger partial charge < -0.3 is 9.84 Å². The Morgan fingerprint density at radius 2 is 1.96 bits per heavy atom. The highest BCUT2D eigenvalue weighted by Gasteiger charge is 2.43. The topological polar surface area (TPSA) is 70.1 Å². The van der Waals surface area contributed by atoms with Crippen molar-refractivity contribution in [1.82, 2.24) is 8.61 Å². The maximum Gasteiger partial charge on any atom is 0.282 e. The standard InChI is InChI=1S/C15H21FN2O4S/c16-15-4-2-1-3-14(15)12-9-13(11-19)18(10-12)23(20,21)17-5-7-22-8-6-17/h1-4,12-13,19H,5-11H2/t12-,13-/m0/s1. The molecule has 3 rings (SSSR count). The summed E-state index contributed by atoms with van der Waals surface area (Å²) in [6, 6.07) is 5.89. The molecule has 2 aliphatic rings. The van der Waals surface area contributed by atoms with E-state index in [1.807, 2.05) is 0 Å². The normalized spacial score (nSPS) is 27.4. The zero-order valence-electron chi connectivity index (χ0n) is 12.8. The Hall–Kier alpha value is -1.06. The van der Waals surface area contributed by atoms with Crippen molar-refractivity contribution in [2.75, 3.05) is 39.5 Å². The summed E-state index contributed by atoms with van der Waals surface area (Å²) in [4.78, 5) is 0. The number of hydrogen-bond donors (Lipinski definition) is 1. The number of halogens is 1. The lowest BCUT2D eigenvalue weighted by Gasteiger charge is -2.32.